The summed E-state index contributed by atoms with van der Waals surface area (Å²) in [6.45, 7) is 5.14. The molecule has 0 aliphatic heterocycles. The molecule has 1 unspecified atom stereocenters. The van der Waals surface area contributed by atoms with Crippen LogP contribution in [0.25, 0.3) is 0 Å². The molecule has 2 aromatic carbocycles. The highest BCUT2D eigenvalue weighted by Gasteiger charge is 2.18. The molecule has 0 saturated carbocycles. The topological polar surface area (TPSA) is 73.9 Å². The molecule has 0 spiro atoms. The van der Waals surface area contributed by atoms with E-state index in [0.29, 0.717) is 17.2 Å². The first-order valence-electron chi connectivity index (χ1n) is 8.23. The molecule has 6 nitrogen and oxygen atoms in total. The molecule has 0 aliphatic rings. The van der Waals surface area contributed by atoms with E-state index in [1.165, 1.54) is 6.92 Å². The lowest BCUT2D eigenvalue weighted by atomic mass is 10.1. The molecule has 1 amide bonds. The molecule has 1 atom stereocenters. The van der Waals surface area contributed by atoms with Crippen LogP contribution in [0.3, 0.4) is 0 Å². The molecule has 1 N–H and O–H groups in total. The van der Waals surface area contributed by atoms with Crippen LogP contribution in [-0.2, 0) is 14.3 Å². The smallest absolute Gasteiger partial charge is 0.344 e. The van der Waals surface area contributed by atoms with E-state index >= 15 is 0 Å². The summed E-state index contributed by atoms with van der Waals surface area (Å²) in [6, 6.07) is 12.6. The highest BCUT2D eigenvalue weighted by Crippen LogP contribution is 2.18. The number of nitrogens with one attached hydrogen (secondary N) is 1. The van der Waals surface area contributed by atoms with Crippen molar-refractivity contribution in [3.8, 4) is 11.5 Å². The molecule has 0 fully saturated rings. The summed E-state index contributed by atoms with van der Waals surface area (Å²) in [7, 11) is 1.54. The fraction of sp³-hybridized carbons (Fsp3) is 0.300. The minimum absolute atomic E-state index is 0.264. The van der Waals surface area contributed by atoms with E-state index in [1.807, 2.05) is 32.0 Å². The summed E-state index contributed by atoms with van der Waals surface area (Å²) < 4.78 is 15.7. The third-order valence-electron chi connectivity index (χ3n) is 3.57. The van der Waals surface area contributed by atoms with Crippen molar-refractivity contribution in [2.24, 2.45) is 0 Å². The maximum absolute atomic E-state index is 12.1. The largest absolute Gasteiger partial charge is 0.497 e. The minimum atomic E-state index is -0.948. The number of rotatable bonds is 7. The number of hydrogen-bond donors (Lipinski definition) is 1. The molecule has 0 aromatic heterocycles. The lowest BCUT2D eigenvalue weighted by molar-refractivity contribution is -0.155. The Labute approximate surface area is 153 Å². The first-order valence-corrected chi connectivity index (χ1v) is 8.23. The number of aryl methyl sites for hydroxylation is 2. The molecule has 2 aromatic rings. The van der Waals surface area contributed by atoms with E-state index in [9.17, 15) is 9.59 Å². The fourth-order valence-electron chi connectivity index (χ4n) is 2.39. The van der Waals surface area contributed by atoms with Crippen molar-refractivity contribution >= 4 is 17.6 Å². The van der Waals surface area contributed by atoms with Gasteiger partial charge in [0, 0.05) is 11.8 Å². The van der Waals surface area contributed by atoms with Gasteiger partial charge in [0.2, 0.25) is 0 Å². The van der Waals surface area contributed by atoms with Gasteiger partial charge in [0.25, 0.3) is 5.91 Å². The molecule has 138 valence electrons. The Bertz CT molecular complexity index is 767. The molecular weight excluding hydrogens is 334 g/mol. The number of carbonyl (C=O) groups excluding carboxylic acids is 2. The number of carbonyl (C=O) groups is 2. The summed E-state index contributed by atoms with van der Waals surface area (Å²) in [5.41, 5.74) is 2.64. The van der Waals surface area contributed by atoms with E-state index < -0.39 is 18.0 Å². The zero-order valence-corrected chi connectivity index (χ0v) is 15.4. The number of methoxy groups -OCH3 is 1. The minimum Gasteiger partial charge on any atom is -0.497 e. The summed E-state index contributed by atoms with van der Waals surface area (Å²) in [5.74, 6) is 0.165. The standard InChI is InChI=1S/C20H23NO5/c1-13-8-14(2)10-18(9-13)25-12-19(22)26-15(3)20(23)21-16-6-5-7-17(11-16)24-4/h5-11,15H,12H2,1-4H3,(H,21,23). The highest BCUT2D eigenvalue weighted by molar-refractivity contribution is 5.95. The van der Waals surface area contributed by atoms with E-state index in [4.69, 9.17) is 14.2 Å². The van der Waals surface area contributed by atoms with Crippen molar-refractivity contribution < 1.29 is 23.8 Å². The van der Waals surface area contributed by atoms with E-state index in [-0.39, 0.29) is 6.61 Å². The monoisotopic (exact) mass is 357 g/mol. The van der Waals surface area contributed by atoms with Gasteiger partial charge in [-0.05, 0) is 56.2 Å². The fourth-order valence-corrected chi connectivity index (χ4v) is 2.39. The summed E-state index contributed by atoms with van der Waals surface area (Å²) >= 11 is 0. The third kappa shape index (κ3) is 5.81. The van der Waals surface area contributed by atoms with Crippen LogP contribution in [0.1, 0.15) is 18.1 Å². The normalized spacial score (nSPS) is 11.4. The van der Waals surface area contributed by atoms with Gasteiger partial charge in [-0.25, -0.2) is 4.79 Å². The van der Waals surface area contributed by atoms with Gasteiger partial charge in [0.15, 0.2) is 12.7 Å². The van der Waals surface area contributed by atoms with Crippen LogP contribution in [-0.4, -0.2) is 31.7 Å². The Morgan fingerprint density at radius 3 is 2.38 bits per heavy atom. The van der Waals surface area contributed by atoms with Crippen molar-refractivity contribution in [3.63, 3.8) is 0 Å². The summed E-state index contributed by atoms with van der Waals surface area (Å²) in [4.78, 5) is 24.0. The second-order valence-electron chi connectivity index (χ2n) is 5.97. The number of ether oxygens (including phenoxy) is 3. The highest BCUT2D eigenvalue weighted by atomic mass is 16.6. The Kier molecular flexibility index (Phi) is 6.60. The first kappa shape index (κ1) is 19.3. The maximum Gasteiger partial charge on any atom is 0.344 e. The predicted octanol–water partition coefficient (Wildman–Crippen LogP) is 3.26. The van der Waals surface area contributed by atoms with Gasteiger partial charge < -0.3 is 19.5 Å². The van der Waals surface area contributed by atoms with Crippen LogP contribution in [0, 0.1) is 13.8 Å². The third-order valence-corrected chi connectivity index (χ3v) is 3.57. The van der Waals surface area contributed by atoms with E-state index in [0.717, 1.165) is 11.1 Å². The lowest BCUT2D eigenvalue weighted by Crippen LogP contribution is -2.31. The van der Waals surface area contributed by atoms with Gasteiger partial charge in [0.1, 0.15) is 11.5 Å². The number of esters is 1. The van der Waals surface area contributed by atoms with Crippen LogP contribution in [0.5, 0.6) is 11.5 Å². The van der Waals surface area contributed by atoms with Crippen LogP contribution in [0.4, 0.5) is 5.69 Å². The van der Waals surface area contributed by atoms with Crippen molar-refractivity contribution in [3.05, 3.63) is 53.6 Å². The number of anilines is 1. The first-order chi connectivity index (χ1) is 12.4. The van der Waals surface area contributed by atoms with Gasteiger partial charge in [-0.1, -0.05) is 12.1 Å². The molecule has 0 radical (unpaired) electrons. The van der Waals surface area contributed by atoms with Gasteiger partial charge in [-0.15, -0.1) is 0 Å². The van der Waals surface area contributed by atoms with Crippen LogP contribution >= 0.6 is 0 Å². The Hall–Kier alpha value is -3.02. The lowest BCUT2D eigenvalue weighted by Gasteiger charge is -2.14. The molecule has 0 saturated heterocycles. The van der Waals surface area contributed by atoms with Crippen molar-refractivity contribution in [2.75, 3.05) is 19.0 Å². The zero-order chi connectivity index (χ0) is 19.1. The number of benzene rings is 2. The zero-order valence-electron chi connectivity index (χ0n) is 15.4. The van der Waals surface area contributed by atoms with Crippen molar-refractivity contribution in [2.45, 2.75) is 26.9 Å². The average molecular weight is 357 g/mol. The SMILES string of the molecule is COc1cccc(NC(=O)C(C)OC(=O)COc2cc(C)cc(C)c2)c1. The Morgan fingerprint density at radius 1 is 1.04 bits per heavy atom. The summed E-state index contributed by atoms with van der Waals surface area (Å²) in [6.07, 6.45) is -0.948. The second kappa shape index (κ2) is 8.89. The predicted molar refractivity (Wildman–Crippen MR) is 98.6 cm³/mol. The van der Waals surface area contributed by atoms with Crippen molar-refractivity contribution in [1.29, 1.82) is 0 Å². The van der Waals surface area contributed by atoms with Crippen molar-refractivity contribution in [1.82, 2.24) is 0 Å². The quantitative estimate of drug-likeness (QED) is 0.770. The van der Waals surface area contributed by atoms with Crippen LogP contribution in [0.2, 0.25) is 0 Å². The van der Waals surface area contributed by atoms with Crippen LogP contribution < -0.4 is 14.8 Å². The van der Waals surface area contributed by atoms with E-state index in [1.54, 1.807) is 31.4 Å². The maximum atomic E-state index is 12.1. The molecule has 26 heavy (non-hydrogen) atoms. The van der Waals surface area contributed by atoms with E-state index in [2.05, 4.69) is 5.32 Å². The second-order valence-corrected chi connectivity index (χ2v) is 5.97. The molecule has 0 bridgehead atoms. The summed E-state index contributed by atoms with van der Waals surface area (Å²) in [5, 5.41) is 2.67. The van der Waals surface area contributed by atoms with Crippen LogP contribution in [0.15, 0.2) is 42.5 Å². The Balaban J connectivity index is 1.84. The van der Waals surface area contributed by atoms with Gasteiger partial charge in [-0.3, -0.25) is 4.79 Å². The number of amides is 1. The molecule has 2 rings (SSSR count). The van der Waals surface area contributed by atoms with Gasteiger partial charge in [0.05, 0.1) is 7.11 Å². The molecule has 0 aliphatic carbocycles. The Morgan fingerprint density at radius 2 is 1.73 bits per heavy atom. The molecular formula is C20H23NO5. The van der Waals surface area contributed by atoms with Gasteiger partial charge >= 0.3 is 5.97 Å². The number of hydrogen-bond acceptors (Lipinski definition) is 5. The average Bonchev–Trinajstić information content (AvgIpc) is 2.59. The van der Waals surface area contributed by atoms with Gasteiger partial charge in [-0.2, -0.15) is 0 Å². The molecule has 6 heteroatoms. The molecule has 0 heterocycles.